The average molecular weight is 555 g/mol. The van der Waals surface area contributed by atoms with Gasteiger partial charge in [-0.1, -0.05) is 24.3 Å². The summed E-state index contributed by atoms with van der Waals surface area (Å²) in [4.78, 5) is 37.9. The summed E-state index contributed by atoms with van der Waals surface area (Å²) in [6, 6.07) is 8.27. The number of piperidine rings is 1. The molecule has 3 atom stereocenters. The fourth-order valence-corrected chi connectivity index (χ4v) is 5.85. The molecule has 2 N–H and O–H groups in total. The van der Waals surface area contributed by atoms with Gasteiger partial charge in [-0.15, -0.1) is 0 Å². The third kappa shape index (κ3) is 3.95. The molecule has 1 aromatic carbocycles. The first kappa shape index (κ1) is 23.4. The summed E-state index contributed by atoms with van der Waals surface area (Å²) >= 11 is 3.37. The van der Waals surface area contributed by atoms with Gasteiger partial charge < -0.3 is 25.0 Å². The summed E-state index contributed by atoms with van der Waals surface area (Å²) in [5.41, 5.74) is 2.65. The van der Waals surface area contributed by atoms with E-state index in [1.165, 1.54) is 11.1 Å². The molecule has 0 saturated carbocycles. The van der Waals surface area contributed by atoms with Gasteiger partial charge in [0.1, 0.15) is 10.3 Å². The van der Waals surface area contributed by atoms with Crippen molar-refractivity contribution in [2.45, 2.75) is 43.6 Å². The topological polar surface area (TPSA) is 112 Å². The number of β-amino-alcohol motifs (C(OH)–C–C–N with tert-alkyl or cyclic N) is 1. The first-order valence-corrected chi connectivity index (χ1v) is 12.9. The molecule has 0 unspecified atom stereocenters. The van der Waals surface area contributed by atoms with Crippen LogP contribution in [0.4, 0.5) is 0 Å². The number of nitrogens with zero attached hydrogens (tertiary/aromatic N) is 5. The van der Waals surface area contributed by atoms with Crippen LogP contribution < -0.4 is 10.1 Å². The number of ether oxygens (including phenoxy) is 1. The first-order chi connectivity index (χ1) is 17.3. The molecule has 3 aliphatic rings. The van der Waals surface area contributed by atoms with Crippen LogP contribution >= 0.6 is 15.9 Å². The minimum atomic E-state index is -0.708. The summed E-state index contributed by atoms with van der Waals surface area (Å²) in [6.07, 6.45) is 3.92. The monoisotopic (exact) mass is 554 g/mol. The van der Waals surface area contributed by atoms with Gasteiger partial charge in [-0.05, 0) is 39.9 Å². The molecule has 6 rings (SSSR count). The minimum Gasteiger partial charge on any atom is -0.461 e. The molecule has 2 amide bonds. The minimum absolute atomic E-state index is 0.104. The van der Waals surface area contributed by atoms with E-state index in [1.54, 1.807) is 33.6 Å². The van der Waals surface area contributed by atoms with E-state index in [2.05, 4.69) is 43.3 Å². The van der Waals surface area contributed by atoms with E-state index in [0.717, 1.165) is 6.42 Å². The van der Waals surface area contributed by atoms with Gasteiger partial charge >= 0.3 is 0 Å². The predicted molar refractivity (Wildman–Crippen MR) is 134 cm³/mol. The van der Waals surface area contributed by atoms with Crippen LogP contribution in [0, 0.1) is 0 Å². The largest absolute Gasteiger partial charge is 0.461 e. The van der Waals surface area contributed by atoms with Crippen molar-refractivity contribution < 1.29 is 19.4 Å². The Hall–Kier alpha value is -3.02. The van der Waals surface area contributed by atoms with Gasteiger partial charge in [0, 0.05) is 52.0 Å². The summed E-state index contributed by atoms with van der Waals surface area (Å²) in [5, 5.41) is 14.7. The third-order valence-electron chi connectivity index (χ3n) is 7.63. The number of aromatic nitrogens is 3. The van der Waals surface area contributed by atoms with E-state index in [9.17, 15) is 14.7 Å². The van der Waals surface area contributed by atoms with Gasteiger partial charge in [-0.2, -0.15) is 0 Å². The number of hydrogen-bond acceptors (Lipinski definition) is 7. The highest BCUT2D eigenvalue weighted by molar-refractivity contribution is 9.10. The highest BCUT2D eigenvalue weighted by Crippen LogP contribution is 2.33. The number of amides is 2. The zero-order chi connectivity index (χ0) is 25.0. The van der Waals surface area contributed by atoms with Crippen molar-refractivity contribution in [3.63, 3.8) is 0 Å². The number of fused-ring (bicyclic) bond motifs is 2. The van der Waals surface area contributed by atoms with Crippen molar-refractivity contribution in [2.75, 3.05) is 26.7 Å². The van der Waals surface area contributed by atoms with Crippen LogP contribution in [0.3, 0.4) is 0 Å². The van der Waals surface area contributed by atoms with E-state index in [1.807, 2.05) is 12.1 Å². The number of aliphatic hydroxyl groups excluding tert-OH is 1. The third-order valence-corrected chi connectivity index (χ3v) is 8.01. The summed E-state index contributed by atoms with van der Waals surface area (Å²) in [7, 11) is 1.74. The number of benzene rings is 1. The highest BCUT2D eigenvalue weighted by Gasteiger charge is 2.45. The van der Waals surface area contributed by atoms with Crippen molar-refractivity contribution in [1.29, 1.82) is 0 Å². The van der Waals surface area contributed by atoms with E-state index < -0.39 is 17.7 Å². The van der Waals surface area contributed by atoms with Crippen molar-refractivity contribution in [1.82, 2.24) is 29.5 Å². The summed E-state index contributed by atoms with van der Waals surface area (Å²) in [6.45, 7) is 2.05. The Morgan fingerprint density at radius 3 is 2.78 bits per heavy atom. The molecule has 2 fully saturated rings. The Morgan fingerprint density at radius 1 is 1.22 bits per heavy atom. The van der Waals surface area contributed by atoms with Crippen molar-refractivity contribution in [2.24, 2.45) is 0 Å². The quantitative estimate of drug-likeness (QED) is 0.503. The van der Waals surface area contributed by atoms with Crippen LogP contribution in [0.1, 0.15) is 34.5 Å². The zero-order valence-corrected chi connectivity index (χ0v) is 21.4. The lowest BCUT2D eigenvalue weighted by Gasteiger charge is -2.48. The maximum absolute atomic E-state index is 13.4. The van der Waals surface area contributed by atoms with Gasteiger partial charge in [-0.25, -0.2) is 9.97 Å². The predicted octanol–water partition coefficient (Wildman–Crippen LogP) is 1.39. The number of halogens is 1. The van der Waals surface area contributed by atoms with Gasteiger partial charge in [0.15, 0.2) is 6.10 Å². The first-order valence-electron chi connectivity index (χ1n) is 12.1. The molecule has 3 aliphatic heterocycles. The Balaban J connectivity index is 1.21. The van der Waals surface area contributed by atoms with E-state index >= 15 is 0 Å². The Labute approximate surface area is 216 Å². The Bertz CT molecular complexity index is 1360. The van der Waals surface area contributed by atoms with Gasteiger partial charge in [-0.3, -0.25) is 14.0 Å². The fourth-order valence-electron chi connectivity index (χ4n) is 5.47. The number of aliphatic hydroxyl groups is 1. The lowest BCUT2D eigenvalue weighted by molar-refractivity contribution is -0.132. The molecule has 5 heterocycles. The molecular weight excluding hydrogens is 528 g/mol. The van der Waals surface area contributed by atoms with Crippen LogP contribution in [0.5, 0.6) is 5.88 Å². The maximum atomic E-state index is 13.4. The number of hydrogen-bond donors (Lipinski definition) is 2. The van der Waals surface area contributed by atoms with E-state index in [0.29, 0.717) is 42.7 Å². The van der Waals surface area contributed by atoms with Crippen molar-refractivity contribution in [3.8, 4) is 5.88 Å². The number of likely N-dealkylation sites (N-methyl/N-ethyl adjacent to an activating group) is 1. The van der Waals surface area contributed by atoms with Crippen LogP contribution in [0.2, 0.25) is 0 Å². The van der Waals surface area contributed by atoms with Gasteiger partial charge in [0.05, 0.1) is 11.6 Å². The number of likely N-dealkylation sites (tertiary alicyclic amines) is 2. The van der Waals surface area contributed by atoms with E-state index in [-0.39, 0.29) is 29.9 Å². The zero-order valence-electron chi connectivity index (χ0n) is 19.9. The second-order valence-electron chi connectivity index (χ2n) is 9.85. The number of imidazole rings is 1. The molecule has 188 valence electrons. The number of carbonyl (C=O) groups excluding carboxylic acids is 2. The van der Waals surface area contributed by atoms with Crippen LogP contribution in [-0.2, 0) is 17.8 Å². The lowest BCUT2D eigenvalue weighted by Crippen LogP contribution is -2.65. The van der Waals surface area contributed by atoms with Crippen LogP contribution in [-0.4, -0.2) is 85.5 Å². The maximum Gasteiger partial charge on any atom is 0.274 e. The molecule has 2 aromatic heterocycles. The standard InChI is InChI=1S/C25H27BrN6O4/c1-30-8-6-18(24(30)35)36-22-21-28-17(12-32(21)14-20(26)29-22)23(34)31-9-7-25(19(33)13-31)10-15-4-2-3-5-16(15)11-27-25/h2-5,12,14,18-19,27,33H,6-11,13H2,1H3/t18-,19+,25-/m0/s1. The van der Waals surface area contributed by atoms with E-state index in [4.69, 9.17) is 4.74 Å². The Morgan fingerprint density at radius 2 is 2.03 bits per heavy atom. The number of rotatable bonds is 3. The molecule has 36 heavy (non-hydrogen) atoms. The molecule has 0 aliphatic carbocycles. The normalized spacial score (nSPS) is 26.0. The lowest BCUT2D eigenvalue weighted by atomic mass is 9.76. The SMILES string of the molecule is CN1CC[C@H](Oc2nc(Br)cn3cc(C(=O)N4CC[C@]5(Cc6ccccc6CN5)[C@H](O)C4)nc23)C1=O. The number of nitrogens with one attached hydrogen (secondary N) is 1. The summed E-state index contributed by atoms with van der Waals surface area (Å²) in [5.74, 6) is -0.171. The second-order valence-corrected chi connectivity index (χ2v) is 10.7. The molecule has 3 aromatic rings. The molecule has 11 heteroatoms. The highest BCUT2D eigenvalue weighted by atomic mass is 79.9. The van der Waals surface area contributed by atoms with Crippen LogP contribution in [0.15, 0.2) is 41.3 Å². The molecule has 2 saturated heterocycles. The van der Waals surface area contributed by atoms with Crippen molar-refractivity contribution in [3.05, 3.63) is 58.1 Å². The smallest absolute Gasteiger partial charge is 0.274 e. The molecule has 1 spiro atoms. The number of carbonyl (C=O) groups is 2. The van der Waals surface area contributed by atoms with Crippen molar-refractivity contribution >= 4 is 33.4 Å². The molecule has 10 nitrogen and oxygen atoms in total. The average Bonchev–Trinajstić information content (AvgIpc) is 3.44. The second kappa shape index (κ2) is 8.82. The van der Waals surface area contributed by atoms with Gasteiger partial charge in [0.25, 0.3) is 17.7 Å². The van der Waals surface area contributed by atoms with Gasteiger partial charge in [0.2, 0.25) is 5.65 Å². The summed E-state index contributed by atoms with van der Waals surface area (Å²) < 4.78 is 8.09. The Kier molecular flexibility index (Phi) is 5.73. The molecule has 0 radical (unpaired) electrons. The molecule has 0 bridgehead atoms. The van der Waals surface area contributed by atoms with Crippen LogP contribution in [0.25, 0.3) is 5.65 Å². The fraction of sp³-hybridized carbons (Fsp3) is 0.440. The molecular formula is C25H27BrN6O4.